The highest BCUT2D eigenvalue weighted by atomic mass is 16.5. The third-order valence-corrected chi connectivity index (χ3v) is 8.18. The smallest absolute Gasteiger partial charge is 0.150 e. The SMILES string of the molecule is CCCCCCCCCCCCCCOc1c(C#Cc2ccc(OCC(O)CO)cc2)cc(C)cc1C#Cc1ccc(OCC(O)CO)cc1. The van der Waals surface area contributed by atoms with Crippen LogP contribution in [0.3, 0.4) is 0 Å². The second-order valence-corrected chi connectivity index (χ2v) is 12.8. The Hall–Kier alpha value is -3.98. The van der Waals surface area contributed by atoms with Gasteiger partial charge in [0.25, 0.3) is 0 Å². The highest BCUT2D eigenvalue weighted by Gasteiger charge is 2.10. The van der Waals surface area contributed by atoms with E-state index in [2.05, 4.69) is 30.6 Å². The Kier molecular flexibility index (Phi) is 19.6. The fourth-order valence-electron chi connectivity index (χ4n) is 5.27. The lowest BCUT2D eigenvalue weighted by Crippen LogP contribution is -2.21. The molecule has 0 radical (unpaired) electrons. The van der Waals surface area contributed by atoms with Gasteiger partial charge in [0.1, 0.15) is 36.9 Å². The summed E-state index contributed by atoms with van der Waals surface area (Å²) >= 11 is 0. The quantitative estimate of drug-likeness (QED) is 0.0648. The van der Waals surface area contributed by atoms with Crippen molar-refractivity contribution in [1.82, 2.24) is 0 Å². The van der Waals surface area contributed by atoms with Crippen LogP contribution in [0.4, 0.5) is 0 Å². The first-order chi connectivity index (χ1) is 24.4. The predicted molar refractivity (Wildman–Crippen MR) is 200 cm³/mol. The van der Waals surface area contributed by atoms with Gasteiger partial charge in [0.2, 0.25) is 0 Å². The Labute approximate surface area is 299 Å². The summed E-state index contributed by atoms with van der Waals surface area (Å²) in [6, 6.07) is 18.6. The lowest BCUT2D eigenvalue weighted by atomic mass is 10.0. The van der Waals surface area contributed by atoms with Crippen molar-refractivity contribution in [2.24, 2.45) is 0 Å². The summed E-state index contributed by atoms with van der Waals surface area (Å²) in [6.07, 6.45) is 13.5. The zero-order valence-corrected chi connectivity index (χ0v) is 30.0. The van der Waals surface area contributed by atoms with E-state index in [1.807, 2.05) is 43.3 Å². The minimum atomic E-state index is -0.924. The van der Waals surface area contributed by atoms with Gasteiger partial charge in [-0.1, -0.05) is 101 Å². The van der Waals surface area contributed by atoms with Crippen LogP contribution in [-0.4, -0.2) is 65.7 Å². The van der Waals surface area contributed by atoms with Crippen LogP contribution in [0, 0.1) is 30.6 Å². The highest BCUT2D eigenvalue weighted by Crippen LogP contribution is 2.26. The molecule has 0 aromatic heterocycles. The van der Waals surface area contributed by atoms with Crippen molar-refractivity contribution >= 4 is 0 Å². The maximum Gasteiger partial charge on any atom is 0.150 e. The molecule has 0 aliphatic carbocycles. The first kappa shape index (κ1) is 40.4. The van der Waals surface area contributed by atoms with Crippen LogP contribution in [0.15, 0.2) is 60.7 Å². The molecule has 270 valence electrons. The predicted octanol–water partition coefficient (Wildman–Crippen LogP) is 7.34. The standard InChI is InChI=1S/C43H56O7/c1-3-4-5-6-7-8-9-10-11-12-13-14-27-48-43-37(21-15-35-17-23-41(24-18-35)49-32-39(46)30-44)28-34(2)29-38(43)22-16-36-19-25-42(26-20-36)50-33-40(47)31-45/h17-20,23-26,28-29,39-40,44-47H,3-14,27,30-33H2,1-2H3. The van der Waals surface area contributed by atoms with E-state index in [0.717, 1.165) is 40.7 Å². The number of hydrogen-bond donors (Lipinski definition) is 4. The number of benzene rings is 3. The molecule has 0 aliphatic heterocycles. The molecule has 3 aromatic carbocycles. The zero-order valence-electron chi connectivity index (χ0n) is 30.0. The van der Waals surface area contributed by atoms with Gasteiger partial charge in [-0.25, -0.2) is 0 Å². The molecular formula is C43H56O7. The number of rotatable bonds is 22. The van der Waals surface area contributed by atoms with E-state index in [9.17, 15) is 10.2 Å². The Balaban J connectivity index is 1.68. The van der Waals surface area contributed by atoms with Crippen molar-refractivity contribution in [2.45, 2.75) is 103 Å². The van der Waals surface area contributed by atoms with Gasteiger partial charge in [0.15, 0.2) is 5.75 Å². The molecule has 0 amide bonds. The number of aliphatic hydroxyl groups excluding tert-OH is 4. The lowest BCUT2D eigenvalue weighted by Gasteiger charge is -2.12. The normalized spacial score (nSPS) is 11.9. The van der Waals surface area contributed by atoms with Crippen LogP contribution in [0.2, 0.25) is 0 Å². The van der Waals surface area contributed by atoms with Gasteiger partial charge in [-0.2, -0.15) is 0 Å². The number of aryl methyl sites for hydroxylation is 1. The molecule has 2 atom stereocenters. The minimum Gasteiger partial charge on any atom is -0.491 e. The molecule has 3 aromatic rings. The second-order valence-electron chi connectivity index (χ2n) is 12.8. The lowest BCUT2D eigenvalue weighted by molar-refractivity contribution is 0.0536. The fraction of sp³-hybridized carbons (Fsp3) is 0.488. The van der Waals surface area contributed by atoms with E-state index in [1.165, 1.54) is 64.2 Å². The summed E-state index contributed by atoms with van der Waals surface area (Å²) in [6.45, 7) is 4.19. The molecule has 7 nitrogen and oxygen atoms in total. The van der Waals surface area contributed by atoms with Crippen LogP contribution < -0.4 is 14.2 Å². The van der Waals surface area contributed by atoms with Crippen LogP contribution in [0.25, 0.3) is 0 Å². The number of hydrogen-bond acceptors (Lipinski definition) is 7. The topological polar surface area (TPSA) is 109 Å². The van der Waals surface area contributed by atoms with Gasteiger partial charge in [-0.15, -0.1) is 0 Å². The van der Waals surface area contributed by atoms with Crippen LogP contribution in [-0.2, 0) is 0 Å². The third-order valence-electron chi connectivity index (χ3n) is 8.18. The summed E-state index contributed by atoms with van der Waals surface area (Å²) in [5.74, 6) is 15.0. The number of aliphatic hydroxyl groups is 4. The average molecular weight is 685 g/mol. The van der Waals surface area contributed by atoms with Crippen LogP contribution in [0.1, 0.15) is 112 Å². The average Bonchev–Trinajstić information content (AvgIpc) is 3.14. The van der Waals surface area contributed by atoms with Crippen molar-refractivity contribution in [1.29, 1.82) is 0 Å². The largest absolute Gasteiger partial charge is 0.491 e. The third kappa shape index (κ3) is 16.2. The summed E-state index contributed by atoms with van der Waals surface area (Å²) in [4.78, 5) is 0. The molecule has 0 fully saturated rings. The van der Waals surface area contributed by atoms with Gasteiger partial charge in [-0.3, -0.25) is 0 Å². The molecule has 4 N–H and O–H groups in total. The van der Waals surface area contributed by atoms with E-state index >= 15 is 0 Å². The van der Waals surface area contributed by atoms with Crippen LogP contribution in [0.5, 0.6) is 17.2 Å². The summed E-state index contributed by atoms with van der Waals surface area (Å²) in [5.41, 5.74) is 4.16. The van der Waals surface area contributed by atoms with Gasteiger partial charge in [-0.05, 0) is 79.6 Å². The second kappa shape index (κ2) is 24.2. The molecule has 0 bridgehead atoms. The molecule has 0 saturated heterocycles. The van der Waals surface area contributed by atoms with Crippen molar-refractivity contribution in [2.75, 3.05) is 33.0 Å². The molecule has 0 spiro atoms. The van der Waals surface area contributed by atoms with E-state index in [1.54, 1.807) is 24.3 Å². The molecule has 0 saturated carbocycles. The molecule has 7 heteroatoms. The van der Waals surface area contributed by atoms with Crippen molar-refractivity contribution in [3.05, 3.63) is 88.5 Å². The molecule has 0 aliphatic rings. The Morgan fingerprint density at radius 2 is 0.940 bits per heavy atom. The maximum atomic E-state index is 9.55. The summed E-state index contributed by atoms with van der Waals surface area (Å²) in [7, 11) is 0. The first-order valence-corrected chi connectivity index (χ1v) is 18.3. The van der Waals surface area contributed by atoms with Gasteiger partial charge >= 0.3 is 0 Å². The van der Waals surface area contributed by atoms with E-state index < -0.39 is 12.2 Å². The summed E-state index contributed by atoms with van der Waals surface area (Å²) in [5, 5.41) is 37.1. The van der Waals surface area contributed by atoms with Gasteiger partial charge in [0, 0.05) is 11.1 Å². The highest BCUT2D eigenvalue weighted by molar-refractivity contribution is 5.61. The van der Waals surface area contributed by atoms with E-state index in [0.29, 0.717) is 23.9 Å². The Morgan fingerprint density at radius 3 is 1.34 bits per heavy atom. The summed E-state index contributed by atoms with van der Waals surface area (Å²) < 4.78 is 17.5. The van der Waals surface area contributed by atoms with Gasteiger partial charge in [0.05, 0.1) is 30.9 Å². The molecule has 3 rings (SSSR count). The molecule has 0 heterocycles. The molecule has 2 unspecified atom stereocenters. The Bertz CT molecular complexity index is 1400. The molecular weight excluding hydrogens is 628 g/mol. The Morgan fingerprint density at radius 1 is 0.540 bits per heavy atom. The van der Waals surface area contributed by atoms with Crippen molar-refractivity contribution < 1.29 is 34.6 Å². The van der Waals surface area contributed by atoms with Crippen molar-refractivity contribution in [3.63, 3.8) is 0 Å². The van der Waals surface area contributed by atoms with Crippen molar-refractivity contribution in [3.8, 4) is 40.9 Å². The van der Waals surface area contributed by atoms with Gasteiger partial charge < -0.3 is 34.6 Å². The first-order valence-electron chi connectivity index (χ1n) is 18.3. The fourth-order valence-corrected chi connectivity index (χ4v) is 5.27. The number of unbranched alkanes of at least 4 members (excludes halogenated alkanes) is 11. The molecule has 50 heavy (non-hydrogen) atoms. The van der Waals surface area contributed by atoms with E-state index in [-0.39, 0.29) is 26.4 Å². The monoisotopic (exact) mass is 684 g/mol. The van der Waals surface area contributed by atoms with Crippen LogP contribution >= 0.6 is 0 Å². The maximum absolute atomic E-state index is 9.55. The van der Waals surface area contributed by atoms with E-state index in [4.69, 9.17) is 24.4 Å². The zero-order chi connectivity index (χ0) is 35.8. The number of ether oxygens (including phenoxy) is 3. The minimum absolute atomic E-state index is 0.0151.